The zero-order chi connectivity index (χ0) is 14.5. The molecule has 0 fully saturated rings. The molecular weight excluding hydrogens is 258 g/mol. The summed E-state index contributed by atoms with van der Waals surface area (Å²) in [6.07, 6.45) is 3.90. The highest BCUT2D eigenvalue weighted by Crippen LogP contribution is 2.21. The SMILES string of the molecule is CNC(Cn1ccnc1-c1ccccc1)c1ccccc1. The molecule has 0 saturated heterocycles. The van der Waals surface area contributed by atoms with Gasteiger partial charge in [-0.2, -0.15) is 0 Å². The largest absolute Gasteiger partial charge is 0.329 e. The van der Waals surface area contributed by atoms with Crippen LogP contribution in [0, 0.1) is 0 Å². The van der Waals surface area contributed by atoms with Crippen LogP contribution in [0.2, 0.25) is 0 Å². The van der Waals surface area contributed by atoms with Gasteiger partial charge in [-0.25, -0.2) is 4.98 Å². The fourth-order valence-electron chi connectivity index (χ4n) is 2.55. The third-order valence-corrected chi connectivity index (χ3v) is 3.68. The maximum absolute atomic E-state index is 4.50. The van der Waals surface area contributed by atoms with Gasteiger partial charge in [0.15, 0.2) is 0 Å². The quantitative estimate of drug-likeness (QED) is 0.773. The Kier molecular flexibility index (Phi) is 4.12. The highest BCUT2D eigenvalue weighted by Gasteiger charge is 2.12. The molecular formula is C18H19N3. The molecule has 0 amide bonds. The van der Waals surface area contributed by atoms with E-state index in [0.29, 0.717) is 0 Å². The number of rotatable bonds is 5. The number of likely N-dealkylation sites (N-methyl/N-ethyl adjacent to an activating group) is 1. The molecule has 0 bridgehead atoms. The summed E-state index contributed by atoms with van der Waals surface area (Å²) in [5.41, 5.74) is 2.43. The fourth-order valence-corrected chi connectivity index (χ4v) is 2.55. The van der Waals surface area contributed by atoms with Gasteiger partial charge >= 0.3 is 0 Å². The first-order valence-electron chi connectivity index (χ1n) is 7.17. The van der Waals surface area contributed by atoms with E-state index in [4.69, 9.17) is 0 Å². The summed E-state index contributed by atoms with van der Waals surface area (Å²) in [4.78, 5) is 4.50. The van der Waals surface area contributed by atoms with E-state index in [0.717, 1.165) is 17.9 Å². The van der Waals surface area contributed by atoms with Crippen molar-refractivity contribution in [3.05, 3.63) is 78.6 Å². The van der Waals surface area contributed by atoms with Crippen molar-refractivity contribution in [2.24, 2.45) is 0 Å². The van der Waals surface area contributed by atoms with E-state index in [-0.39, 0.29) is 6.04 Å². The molecule has 3 nitrogen and oxygen atoms in total. The molecule has 0 aliphatic rings. The van der Waals surface area contributed by atoms with Crippen LogP contribution in [0.5, 0.6) is 0 Å². The Morgan fingerprint density at radius 1 is 1.00 bits per heavy atom. The molecule has 106 valence electrons. The molecule has 1 atom stereocenters. The summed E-state index contributed by atoms with van der Waals surface area (Å²) in [6, 6.07) is 21.1. The van der Waals surface area contributed by atoms with Crippen LogP contribution >= 0.6 is 0 Å². The topological polar surface area (TPSA) is 29.9 Å². The van der Waals surface area contributed by atoms with Gasteiger partial charge in [-0.05, 0) is 12.6 Å². The van der Waals surface area contributed by atoms with Crippen molar-refractivity contribution in [2.45, 2.75) is 12.6 Å². The smallest absolute Gasteiger partial charge is 0.139 e. The molecule has 3 aromatic rings. The zero-order valence-electron chi connectivity index (χ0n) is 12.1. The Morgan fingerprint density at radius 3 is 2.33 bits per heavy atom. The monoisotopic (exact) mass is 277 g/mol. The van der Waals surface area contributed by atoms with Crippen LogP contribution in [0.1, 0.15) is 11.6 Å². The lowest BCUT2D eigenvalue weighted by molar-refractivity contribution is 0.503. The summed E-state index contributed by atoms with van der Waals surface area (Å²) in [5, 5.41) is 3.39. The second-order valence-electron chi connectivity index (χ2n) is 5.02. The number of nitrogens with one attached hydrogen (secondary N) is 1. The van der Waals surface area contributed by atoms with Gasteiger partial charge in [-0.15, -0.1) is 0 Å². The number of imidazole rings is 1. The maximum atomic E-state index is 4.50. The average Bonchev–Trinajstić information content (AvgIpc) is 3.02. The molecule has 3 heteroatoms. The Balaban J connectivity index is 1.87. The molecule has 1 aromatic heterocycles. The molecule has 1 unspecified atom stereocenters. The molecule has 2 aromatic carbocycles. The Bertz CT molecular complexity index is 674. The number of nitrogens with zero attached hydrogens (tertiary/aromatic N) is 2. The normalized spacial score (nSPS) is 12.2. The van der Waals surface area contributed by atoms with Crippen molar-refractivity contribution in [3.8, 4) is 11.4 Å². The van der Waals surface area contributed by atoms with Crippen LogP contribution in [-0.4, -0.2) is 16.6 Å². The van der Waals surface area contributed by atoms with Crippen molar-refractivity contribution < 1.29 is 0 Å². The standard InChI is InChI=1S/C18H19N3/c1-19-17(15-8-4-2-5-9-15)14-21-13-12-20-18(21)16-10-6-3-7-11-16/h2-13,17,19H,14H2,1H3. The zero-order valence-corrected chi connectivity index (χ0v) is 12.1. The molecule has 1 N–H and O–H groups in total. The number of hydrogen-bond acceptors (Lipinski definition) is 2. The summed E-state index contributed by atoms with van der Waals surface area (Å²) < 4.78 is 2.20. The van der Waals surface area contributed by atoms with Crippen molar-refractivity contribution in [1.29, 1.82) is 0 Å². The van der Waals surface area contributed by atoms with Crippen molar-refractivity contribution >= 4 is 0 Å². The van der Waals surface area contributed by atoms with E-state index >= 15 is 0 Å². The molecule has 1 heterocycles. The van der Waals surface area contributed by atoms with Gasteiger partial charge in [0, 0.05) is 30.5 Å². The van der Waals surface area contributed by atoms with Gasteiger partial charge in [0.25, 0.3) is 0 Å². The first-order valence-corrected chi connectivity index (χ1v) is 7.17. The van der Waals surface area contributed by atoms with Gasteiger partial charge in [0.2, 0.25) is 0 Å². The van der Waals surface area contributed by atoms with E-state index in [9.17, 15) is 0 Å². The third kappa shape index (κ3) is 3.03. The molecule has 3 rings (SSSR count). The summed E-state index contributed by atoms with van der Waals surface area (Å²) >= 11 is 0. The molecule has 0 radical (unpaired) electrons. The van der Waals surface area contributed by atoms with Gasteiger partial charge in [-0.1, -0.05) is 60.7 Å². The molecule has 0 aliphatic carbocycles. The minimum atomic E-state index is 0.267. The van der Waals surface area contributed by atoms with Crippen LogP contribution in [0.25, 0.3) is 11.4 Å². The second kappa shape index (κ2) is 6.37. The minimum absolute atomic E-state index is 0.267. The predicted molar refractivity (Wildman–Crippen MR) is 85.9 cm³/mol. The first kappa shape index (κ1) is 13.6. The van der Waals surface area contributed by atoms with Crippen LogP contribution in [0.3, 0.4) is 0 Å². The van der Waals surface area contributed by atoms with Crippen LogP contribution in [-0.2, 0) is 6.54 Å². The van der Waals surface area contributed by atoms with Crippen LogP contribution in [0.4, 0.5) is 0 Å². The Morgan fingerprint density at radius 2 is 1.67 bits per heavy atom. The van der Waals surface area contributed by atoms with Gasteiger partial charge < -0.3 is 9.88 Å². The number of aromatic nitrogens is 2. The highest BCUT2D eigenvalue weighted by molar-refractivity contribution is 5.55. The molecule has 0 aliphatic heterocycles. The fraction of sp³-hybridized carbons (Fsp3) is 0.167. The van der Waals surface area contributed by atoms with E-state index in [2.05, 4.69) is 51.3 Å². The van der Waals surface area contributed by atoms with E-state index in [1.165, 1.54) is 5.56 Å². The summed E-state index contributed by atoms with van der Waals surface area (Å²) in [7, 11) is 2.00. The lowest BCUT2D eigenvalue weighted by Gasteiger charge is -2.18. The Hall–Kier alpha value is -2.39. The summed E-state index contributed by atoms with van der Waals surface area (Å²) in [6.45, 7) is 0.852. The maximum Gasteiger partial charge on any atom is 0.139 e. The second-order valence-corrected chi connectivity index (χ2v) is 5.02. The minimum Gasteiger partial charge on any atom is -0.329 e. The lowest BCUT2D eigenvalue weighted by atomic mass is 10.1. The predicted octanol–water partition coefficient (Wildman–Crippen LogP) is 3.51. The van der Waals surface area contributed by atoms with Gasteiger partial charge in [-0.3, -0.25) is 0 Å². The summed E-state index contributed by atoms with van der Waals surface area (Å²) in [5.74, 6) is 1.01. The van der Waals surface area contributed by atoms with Crippen LogP contribution < -0.4 is 5.32 Å². The molecule has 0 saturated carbocycles. The van der Waals surface area contributed by atoms with E-state index < -0.39 is 0 Å². The van der Waals surface area contributed by atoms with Crippen molar-refractivity contribution in [1.82, 2.24) is 14.9 Å². The number of hydrogen-bond donors (Lipinski definition) is 1. The Labute approximate surface area is 125 Å². The molecule has 0 spiro atoms. The highest BCUT2D eigenvalue weighted by atomic mass is 15.1. The van der Waals surface area contributed by atoms with Crippen molar-refractivity contribution in [3.63, 3.8) is 0 Å². The first-order chi connectivity index (χ1) is 10.4. The number of benzene rings is 2. The van der Waals surface area contributed by atoms with Crippen molar-refractivity contribution in [2.75, 3.05) is 7.05 Å². The van der Waals surface area contributed by atoms with E-state index in [1.54, 1.807) is 0 Å². The van der Waals surface area contributed by atoms with Crippen LogP contribution in [0.15, 0.2) is 73.1 Å². The molecule has 21 heavy (non-hydrogen) atoms. The van der Waals surface area contributed by atoms with Gasteiger partial charge in [0.1, 0.15) is 5.82 Å². The average molecular weight is 277 g/mol. The van der Waals surface area contributed by atoms with Gasteiger partial charge in [0.05, 0.1) is 0 Å². The third-order valence-electron chi connectivity index (χ3n) is 3.68. The van der Waals surface area contributed by atoms with E-state index in [1.807, 2.05) is 43.7 Å². The lowest BCUT2D eigenvalue weighted by Crippen LogP contribution is -2.22.